The van der Waals surface area contributed by atoms with E-state index >= 15 is 0 Å². The van der Waals surface area contributed by atoms with Gasteiger partial charge in [0, 0.05) is 25.2 Å². The van der Waals surface area contributed by atoms with E-state index < -0.39 is 0 Å². The number of rotatable bonds is 5. The van der Waals surface area contributed by atoms with Crippen LogP contribution in [0.15, 0.2) is 36.5 Å². The van der Waals surface area contributed by atoms with E-state index in [1.807, 2.05) is 52.2 Å². The molecule has 8 heteroatoms. The first-order valence-electron chi connectivity index (χ1n) is 9.49. The summed E-state index contributed by atoms with van der Waals surface area (Å²) < 4.78 is 13.2. The van der Waals surface area contributed by atoms with Gasteiger partial charge in [-0.3, -0.25) is 9.48 Å². The van der Waals surface area contributed by atoms with Crippen molar-refractivity contribution in [3.8, 4) is 23.1 Å². The highest BCUT2D eigenvalue weighted by atomic mass is 16.5. The number of pyridine rings is 2. The van der Waals surface area contributed by atoms with Gasteiger partial charge in [0.1, 0.15) is 22.7 Å². The molecule has 0 radical (unpaired) electrons. The topological polar surface area (TPSA) is 91.2 Å². The number of fused-ring (bicyclic) bond motifs is 1. The van der Waals surface area contributed by atoms with Crippen molar-refractivity contribution in [2.75, 3.05) is 11.9 Å². The van der Waals surface area contributed by atoms with E-state index in [2.05, 4.69) is 20.4 Å². The molecule has 0 spiro atoms. The number of amides is 1. The molecule has 0 saturated heterocycles. The molecule has 0 bridgehead atoms. The van der Waals surface area contributed by atoms with Crippen LogP contribution in [0.3, 0.4) is 0 Å². The SMILES string of the molecule is CCOc1nc2c(cc1C(=O)Nc1cccc(-c3ccn(C)n3)n1)CC(C)(C)O2. The Labute approximate surface area is 168 Å². The van der Waals surface area contributed by atoms with Crippen LogP contribution in [0.25, 0.3) is 11.4 Å². The molecule has 1 aliphatic rings. The molecule has 3 aromatic rings. The normalized spacial score (nSPS) is 14.2. The molecule has 8 nitrogen and oxygen atoms in total. The lowest BCUT2D eigenvalue weighted by atomic mass is 10.0. The average Bonchev–Trinajstić information content (AvgIpc) is 3.22. The number of carbonyl (C=O) groups is 1. The summed E-state index contributed by atoms with van der Waals surface area (Å²) in [5.41, 5.74) is 2.30. The van der Waals surface area contributed by atoms with Crippen molar-refractivity contribution in [3.63, 3.8) is 0 Å². The molecule has 3 aromatic heterocycles. The molecule has 1 aliphatic heterocycles. The van der Waals surface area contributed by atoms with Gasteiger partial charge >= 0.3 is 0 Å². The highest BCUT2D eigenvalue weighted by Crippen LogP contribution is 2.36. The Balaban J connectivity index is 1.62. The van der Waals surface area contributed by atoms with Gasteiger partial charge in [-0.25, -0.2) is 4.98 Å². The van der Waals surface area contributed by atoms with Gasteiger partial charge in [0.15, 0.2) is 0 Å². The highest BCUT2D eigenvalue weighted by Gasteiger charge is 2.33. The van der Waals surface area contributed by atoms with Crippen molar-refractivity contribution in [3.05, 3.63) is 47.7 Å². The third-order valence-corrected chi connectivity index (χ3v) is 4.51. The minimum absolute atomic E-state index is 0.252. The van der Waals surface area contributed by atoms with Crippen LogP contribution in [0, 0.1) is 0 Å². The first-order chi connectivity index (χ1) is 13.8. The zero-order chi connectivity index (χ0) is 20.6. The molecule has 0 unspecified atom stereocenters. The van der Waals surface area contributed by atoms with Gasteiger partial charge in [0.2, 0.25) is 11.8 Å². The number of nitrogens with zero attached hydrogens (tertiary/aromatic N) is 4. The van der Waals surface area contributed by atoms with E-state index in [4.69, 9.17) is 9.47 Å². The fourth-order valence-corrected chi connectivity index (χ4v) is 3.29. The number of hydrogen-bond donors (Lipinski definition) is 1. The lowest BCUT2D eigenvalue weighted by Gasteiger charge is -2.16. The van der Waals surface area contributed by atoms with Crippen LogP contribution in [0.2, 0.25) is 0 Å². The summed E-state index contributed by atoms with van der Waals surface area (Å²) in [7, 11) is 1.84. The van der Waals surface area contributed by atoms with Gasteiger partial charge in [-0.05, 0) is 45.0 Å². The van der Waals surface area contributed by atoms with Crippen LogP contribution in [-0.4, -0.2) is 37.9 Å². The van der Waals surface area contributed by atoms with E-state index in [9.17, 15) is 4.79 Å². The zero-order valence-corrected chi connectivity index (χ0v) is 16.9. The first kappa shape index (κ1) is 18.9. The molecule has 1 N–H and O–H groups in total. The van der Waals surface area contributed by atoms with Crippen LogP contribution in [0.4, 0.5) is 5.82 Å². The Kier molecular flexibility index (Phi) is 4.70. The largest absolute Gasteiger partial charge is 0.477 e. The summed E-state index contributed by atoms with van der Waals surface area (Å²) in [6.07, 6.45) is 2.52. The average molecular weight is 393 g/mol. The number of aryl methyl sites for hydroxylation is 1. The van der Waals surface area contributed by atoms with E-state index in [1.165, 1.54) is 0 Å². The van der Waals surface area contributed by atoms with Crippen LogP contribution < -0.4 is 14.8 Å². The third-order valence-electron chi connectivity index (χ3n) is 4.51. The molecule has 0 fully saturated rings. The summed E-state index contributed by atoms with van der Waals surface area (Å²) in [5, 5.41) is 7.19. The number of nitrogens with one attached hydrogen (secondary N) is 1. The lowest BCUT2D eigenvalue weighted by Crippen LogP contribution is -2.24. The molecule has 29 heavy (non-hydrogen) atoms. The second kappa shape index (κ2) is 7.20. The number of aromatic nitrogens is 4. The van der Waals surface area contributed by atoms with E-state index in [0.29, 0.717) is 36.0 Å². The van der Waals surface area contributed by atoms with Crippen molar-refractivity contribution in [1.82, 2.24) is 19.7 Å². The fourth-order valence-electron chi connectivity index (χ4n) is 3.29. The van der Waals surface area contributed by atoms with Crippen molar-refractivity contribution in [2.24, 2.45) is 7.05 Å². The van der Waals surface area contributed by atoms with Crippen molar-refractivity contribution in [1.29, 1.82) is 0 Å². The summed E-state index contributed by atoms with van der Waals surface area (Å²) >= 11 is 0. The Morgan fingerprint density at radius 1 is 1.28 bits per heavy atom. The summed E-state index contributed by atoms with van der Waals surface area (Å²) in [6, 6.07) is 9.07. The van der Waals surface area contributed by atoms with Gasteiger partial charge in [-0.15, -0.1) is 0 Å². The highest BCUT2D eigenvalue weighted by molar-refractivity contribution is 6.05. The standard InChI is InChI=1S/C21H23N5O3/c1-5-28-20-14(11-13-12-21(2,3)29-19(13)24-20)18(27)23-17-8-6-7-15(22-17)16-9-10-26(4)25-16/h6-11H,5,12H2,1-4H3,(H,22,23,27). The zero-order valence-electron chi connectivity index (χ0n) is 16.9. The Bertz CT molecular complexity index is 1070. The fraction of sp³-hybridized carbons (Fsp3) is 0.333. The molecular weight excluding hydrogens is 370 g/mol. The smallest absolute Gasteiger partial charge is 0.262 e. The van der Waals surface area contributed by atoms with Crippen molar-refractivity contribution >= 4 is 11.7 Å². The quantitative estimate of drug-likeness (QED) is 0.716. The second-order valence-corrected chi connectivity index (χ2v) is 7.51. The van der Waals surface area contributed by atoms with Crippen LogP contribution in [0.1, 0.15) is 36.7 Å². The third kappa shape index (κ3) is 3.91. The van der Waals surface area contributed by atoms with E-state index in [1.54, 1.807) is 16.8 Å². The van der Waals surface area contributed by atoms with Crippen molar-refractivity contribution in [2.45, 2.75) is 32.8 Å². The predicted octanol–water partition coefficient (Wildman–Crippen LogP) is 3.24. The molecule has 0 aliphatic carbocycles. The molecular formula is C21H23N5O3. The Hall–Kier alpha value is -3.42. The molecule has 150 valence electrons. The molecule has 0 atom stereocenters. The second-order valence-electron chi connectivity index (χ2n) is 7.51. The lowest BCUT2D eigenvalue weighted by molar-refractivity contribution is 0.102. The summed E-state index contributed by atoms with van der Waals surface area (Å²) in [4.78, 5) is 21.9. The number of carbonyl (C=O) groups excluding carboxylic acids is 1. The van der Waals surface area contributed by atoms with Gasteiger partial charge in [-0.2, -0.15) is 10.1 Å². The van der Waals surface area contributed by atoms with E-state index in [0.717, 1.165) is 11.3 Å². The summed E-state index contributed by atoms with van der Waals surface area (Å²) in [6.45, 7) is 6.21. The van der Waals surface area contributed by atoms with Gasteiger partial charge in [0.05, 0.1) is 12.3 Å². The minimum Gasteiger partial charge on any atom is -0.477 e. The molecule has 0 saturated carbocycles. The Morgan fingerprint density at radius 2 is 2.10 bits per heavy atom. The minimum atomic E-state index is -0.355. The van der Waals surface area contributed by atoms with Gasteiger partial charge < -0.3 is 14.8 Å². The van der Waals surface area contributed by atoms with Crippen LogP contribution in [0.5, 0.6) is 11.8 Å². The molecule has 4 heterocycles. The molecule has 4 rings (SSSR count). The maximum Gasteiger partial charge on any atom is 0.262 e. The van der Waals surface area contributed by atoms with Crippen LogP contribution in [-0.2, 0) is 13.5 Å². The number of anilines is 1. The number of ether oxygens (including phenoxy) is 2. The van der Waals surface area contributed by atoms with E-state index in [-0.39, 0.29) is 17.4 Å². The number of hydrogen-bond acceptors (Lipinski definition) is 6. The summed E-state index contributed by atoms with van der Waals surface area (Å²) in [5.74, 6) is 0.865. The van der Waals surface area contributed by atoms with Crippen molar-refractivity contribution < 1.29 is 14.3 Å². The molecule has 1 amide bonds. The predicted molar refractivity (Wildman–Crippen MR) is 108 cm³/mol. The van der Waals surface area contributed by atoms with Gasteiger partial charge in [-0.1, -0.05) is 6.07 Å². The molecule has 0 aromatic carbocycles. The Morgan fingerprint density at radius 3 is 2.83 bits per heavy atom. The monoisotopic (exact) mass is 393 g/mol. The van der Waals surface area contributed by atoms with Crippen LogP contribution >= 0.6 is 0 Å². The van der Waals surface area contributed by atoms with Gasteiger partial charge in [0.25, 0.3) is 5.91 Å². The maximum atomic E-state index is 13.0. The maximum absolute atomic E-state index is 13.0. The first-order valence-corrected chi connectivity index (χ1v) is 9.49.